The van der Waals surface area contributed by atoms with Crippen LogP contribution in [-0.2, 0) is 7.05 Å². The van der Waals surface area contributed by atoms with Crippen molar-refractivity contribution in [3.63, 3.8) is 0 Å². The van der Waals surface area contributed by atoms with Gasteiger partial charge < -0.3 is 15.1 Å². The molecule has 1 fully saturated rings. The molecule has 0 atom stereocenters. The van der Waals surface area contributed by atoms with Gasteiger partial charge in [0.1, 0.15) is 23.5 Å². The fourth-order valence-electron chi connectivity index (χ4n) is 3.39. The number of oxazole rings is 1. The summed E-state index contributed by atoms with van der Waals surface area (Å²) in [6.45, 7) is 2.56. The van der Waals surface area contributed by atoms with Gasteiger partial charge in [-0.25, -0.2) is 15.0 Å². The number of carbonyl (C=O) groups is 1. The predicted octanol–water partition coefficient (Wildman–Crippen LogP) is 2.84. The summed E-state index contributed by atoms with van der Waals surface area (Å²) < 4.78 is 7.08. The summed E-state index contributed by atoms with van der Waals surface area (Å²) in [5.74, 6) is 1.50. The van der Waals surface area contributed by atoms with Gasteiger partial charge in [-0.2, -0.15) is 5.10 Å². The van der Waals surface area contributed by atoms with E-state index in [9.17, 15) is 4.79 Å². The summed E-state index contributed by atoms with van der Waals surface area (Å²) in [4.78, 5) is 25.5. The highest BCUT2D eigenvalue weighted by atomic mass is 16.4. The molecule has 146 valence electrons. The lowest BCUT2D eigenvalue weighted by Gasteiger charge is -2.08. The van der Waals surface area contributed by atoms with Crippen molar-refractivity contribution in [1.29, 1.82) is 0 Å². The highest BCUT2D eigenvalue weighted by molar-refractivity contribution is 5.90. The van der Waals surface area contributed by atoms with Gasteiger partial charge in [0.15, 0.2) is 0 Å². The molecule has 3 aromatic rings. The Hall–Kier alpha value is -3.23. The van der Waals surface area contributed by atoms with Crippen LogP contribution in [0.15, 0.2) is 29.1 Å². The molecule has 0 spiro atoms. The zero-order valence-corrected chi connectivity index (χ0v) is 16.0. The monoisotopic (exact) mass is 381 g/mol. The van der Waals surface area contributed by atoms with Gasteiger partial charge >= 0.3 is 5.91 Å². The second kappa shape index (κ2) is 7.79. The van der Waals surface area contributed by atoms with E-state index >= 15 is 0 Å². The van der Waals surface area contributed by atoms with Crippen molar-refractivity contribution in [2.24, 2.45) is 13.0 Å². The first-order chi connectivity index (χ1) is 13.6. The first-order valence-electron chi connectivity index (χ1n) is 9.43. The Bertz CT molecular complexity index is 972. The maximum Gasteiger partial charge on any atom is 0.307 e. The SMILES string of the molecule is Cc1cnc(Nc2ccnn2C)nc1-c1coc(C(=O)NCC2CCCC2)n1. The van der Waals surface area contributed by atoms with E-state index in [1.807, 2.05) is 20.0 Å². The van der Waals surface area contributed by atoms with E-state index in [2.05, 4.69) is 30.7 Å². The third-order valence-electron chi connectivity index (χ3n) is 5.00. The van der Waals surface area contributed by atoms with Crippen LogP contribution in [0, 0.1) is 12.8 Å². The highest BCUT2D eigenvalue weighted by Gasteiger charge is 2.20. The lowest BCUT2D eigenvalue weighted by Crippen LogP contribution is -2.28. The van der Waals surface area contributed by atoms with Crippen LogP contribution in [0.1, 0.15) is 41.9 Å². The van der Waals surface area contributed by atoms with Crippen LogP contribution in [0.5, 0.6) is 0 Å². The summed E-state index contributed by atoms with van der Waals surface area (Å²) in [5, 5.41) is 10.1. The van der Waals surface area contributed by atoms with Gasteiger partial charge in [0.25, 0.3) is 5.89 Å². The number of hydrogen-bond donors (Lipinski definition) is 2. The molecular weight excluding hydrogens is 358 g/mol. The number of amides is 1. The normalized spacial score (nSPS) is 14.4. The zero-order valence-electron chi connectivity index (χ0n) is 16.0. The average molecular weight is 381 g/mol. The molecule has 2 N–H and O–H groups in total. The van der Waals surface area contributed by atoms with Crippen LogP contribution < -0.4 is 10.6 Å². The van der Waals surface area contributed by atoms with E-state index in [-0.39, 0.29) is 11.8 Å². The molecule has 0 unspecified atom stereocenters. The molecule has 1 amide bonds. The van der Waals surface area contributed by atoms with Crippen LogP contribution in [0.25, 0.3) is 11.4 Å². The van der Waals surface area contributed by atoms with E-state index in [0.29, 0.717) is 29.8 Å². The Morgan fingerprint density at radius 2 is 2.14 bits per heavy atom. The summed E-state index contributed by atoms with van der Waals surface area (Å²) in [6.07, 6.45) is 9.67. The number of anilines is 2. The Kier molecular flexibility index (Phi) is 5.05. The van der Waals surface area contributed by atoms with Crippen LogP contribution in [0.2, 0.25) is 0 Å². The van der Waals surface area contributed by atoms with Gasteiger partial charge in [-0.1, -0.05) is 12.8 Å². The predicted molar refractivity (Wildman–Crippen MR) is 103 cm³/mol. The van der Waals surface area contributed by atoms with Crippen LogP contribution in [0.3, 0.4) is 0 Å². The van der Waals surface area contributed by atoms with Crippen molar-refractivity contribution in [2.75, 3.05) is 11.9 Å². The highest BCUT2D eigenvalue weighted by Crippen LogP contribution is 2.24. The molecule has 0 aliphatic heterocycles. The van der Waals surface area contributed by atoms with E-state index in [1.165, 1.54) is 31.9 Å². The molecule has 3 aromatic heterocycles. The third-order valence-corrected chi connectivity index (χ3v) is 5.00. The maximum absolute atomic E-state index is 12.3. The number of rotatable bonds is 6. The first-order valence-corrected chi connectivity index (χ1v) is 9.43. The van der Waals surface area contributed by atoms with Gasteiger partial charge in [-0.15, -0.1) is 0 Å². The van der Waals surface area contributed by atoms with Crippen LogP contribution >= 0.6 is 0 Å². The average Bonchev–Trinajstić information content (AvgIpc) is 3.44. The Morgan fingerprint density at radius 3 is 2.89 bits per heavy atom. The fourth-order valence-corrected chi connectivity index (χ4v) is 3.39. The number of nitrogens with zero attached hydrogens (tertiary/aromatic N) is 5. The summed E-state index contributed by atoms with van der Waals surface area (Å²) >= 11 is 0. The number of aromatic nitrogens is 5. The standard InChI is InChI=1S/C19H23N7O2/c1-12-9-21-19(24-15-7-8-22-26(15)2)25-16(12)14-11-28-18(23-14)17(27)20-10-13-5-3-4-6-13/h7-9,11,13H,3-6,10H2,1-2H3,(H,20,27)(H,21,24,25). The van der Waals surface area contributed by atoms with E-state index in [1.54, 1.807) is 17.1 Å². The van der Waals surface area contributed by atoms with Gasteiger partial charge in [0.2, 0.25) is 5.95 Å². The molecule has 1 saturated carbocycles. The molecule has 4 rings (SSSR count). The topological polar surface area (TPSA) is 111 Å². The van der Waals surface area contributed by atoms with Crippen molar-refractivity contribution < 1.29 is 9.21 Å². The maximum atomic E-state index is 12.3. The number of aryl methyl sites for hydroxylation is 2. The number of carbonyl (C=O) groups excluding carboxylic acids is 1. The van der Waals surface area contributed by atoms with E-state index < -0.39 is 0 Å². The van der Waals surface area contributed by atoms with Crippen molar-refractivity contribution in [1.82, 2.24) is 30.0 Å². The Morgan fingerprint density at radius 1 is 1.32 bits per heavy atom. The number of hydrogen-bond acceptors (Lipinski definition) is 7. The number of nitrogens with one attached hydrogen (secondary N) is 2. The molecule has 0 radical (unpaired) electrons. The van der Waals surface area contributed by atoms with E-state index in [0.717, 1.165) is 11.4 Å². The Labute approximate surface area is 162 Å². The van der Waals surface area contributed by atoms with Crippen molar-refractivity contribution in [3.8, 4) is 11.4 Å². The second-order valence-electron chi connectivity index (χ2n) is 7.09. The molecule has 9 nitrogen and oxygen atoms in total. The van der Waals surface area contributed by atoms with Gasteiger partial charge in [-0.05, 0) is 31.2 Å². The fraction of sp³-hybridized carbons (Fsp3) is 0.421. The van der Waals surface area contributed by atoms with Crippen LogP contribution in [0.4, 0.5) is 11.8 Å². The minimum atomic E-state index is -0.293. The molecule has 28 heavy (non-hydrogen) atoms. The smallest absolute Gasteiger partial charge is 0.307 e. The zero-order chi connectivity index (χ0) is 19.5. The summed E-state index contributed by atoms with van der Waals surface area (Å²) in [7, 11) is 1.82. The first kappa shape index (κ1) is 18.1. The van der Waals surface area contributed by atoms with Gasteiger partial charge in [0.05, 0.1) is 6.20 Å². The molecule has 0 saturated heterocycles. The van der Waals surface area contributed by atoms with Gasteiger partial charge in [-0.3, -0.25) is 9.48 Å². The minimum Gasteiger partial charge on any atom is -0.440 e. The molecule has 1 aliphatic rings. The van der Waals surface area contributed by atoms with Crippen LogP contribution in [-0.4, -0.2) is 37.2 Å². The largest absolute Gasteiger partial charge is 0.440 e. The minimum absolute atomic E-state index is 0.0483. The van der Waals surface area contributed by atoms with Gasteiger partial charge in [0, 0.05) is 25.9 Å². The molecule has 3 heterocycles. The summed E-state index contributed by atoms with van der Waals surface area (Å²) in [6, 6.07) is 1.83. The third kappa shape index (κ3) is 3.88. The molecule has 9 heteroatoms. The lowest BCUT2D eigenvalue weighted by atomic mass is 10.1. The van der Waals surface area contributed by atoms with Crippen molar-refractivity contribution in [3.05, 3.63) is 36.2 Å². The Balaban J connectivity index is 1.48. The summed E-state index contributed by atoms with van der Waals surface area (Å²) in [5.41, 5.74) is 1.94. The molecule has 1 aliphatic carbocycles. The quantitative estimate of drug-likeness (QED) is 0.675. The second-order valence-corrected chi connectivity index (χ2v) is 7.09. The van der Waals surface area contributed by atoms with E-state index in [4.69, 9.17) is 4.42 Å². The molecule has 0 aromatic carbocycles. The van der Waals surface area contributed by atoms with Crippen molar-refractivity contribution in [2.45, 2.75) is 32.6 Å². The molecular formula is C19H23N7O2. The lowest BCUT2D eigenvalue weighted by molar-refractivity contribution is 0.0912. The van der Waals surface area contributed by atoms with Crippen molar-refractivity contribution >= 4 is 17.7 Å². The molecule has 0 bridgehead atoms.